The molecule has 1 unspecified atom stereocenters. The Balaban J connectivity index is 5.33. The van der Waals surface area contributed by atoms with Gasteiger partial charge in [-0.25, -0.2) is 4.79 Å². The Hall–Kier alpha value is -1.67. The first-order valence-corrected chi connectivity index (χ1v) is 5.24. The molecule has 0 aliphatic heterocycles. The van der Waals surface area contributed by atoms with E-state index in [1.165, 1.54) is 0 Å². The molecule has 0 radical (unpaired) electrons. The molecule has 9 heteroatoms. The summed E-state index contributed by atoms with van der Waals surface area (Å²) in [6, 6.07) is 0. The minimum absolute atomic E-state index is 0.161. The number of halogens is 5. The Morgan fingerprint density at radius 3 is 1.80 bits per heavy atom. The molecular weight excluding hydrogens is 291 g/mol. The largest absolute Gasteiger partial charge is 0.545 e. The smallest absolute Gasteiger partial charge is 0.457 e. The van der Waals surface area contributed by atoms with Crippen molar-refractivity contribution in [2.24, 2.45) is 5.41 Å². The zero-order valence-electron chi connectivity index (χ0n) is 10.8. The summed E-state index contributed by atoms with van der Waals surface area (Å²) in [6.45, 7) is 3.06. The lowest BCUT2D eigenvalue weighted by atomic mass is 9.84. The van der Waals surface area contributed by atoms with Crippen LogP contribution in [0.4, 0.5) is 22.0 Å². The Morgan fingerprint density at radius 1 is 1.05 bits per heavy atom. The molecule has 116 valence electrons. The fourth-order valence-electron chi connectivity index (χ4n) is 1.23. The van der Waals surface area contributed by atoms with Crippen LogP contribution in [0.5, 0.6) is 0 Å². The molecule has 0 heterocycles. The van der Waals surface area contributed by atoms with Gasteiger partial charge in [0.05, 0.1) is 5.97 Å². The minimum atomic E-state index is -5.91. The van der Waals surface area contributed by atoms with Crippen LogP contribution in [0.1, 0.15) is 20.8 Å². The first kappa shape index (κ1) is 18.3. The van der Waals surface area contributed by atoms with Gasteiger partial charge in [-0.15, -0.1) is 0 Å². The van der Waals surface area contributed by atoms with E-state index in [9.17, 15) is 36.6 Å². The van der Waals surface area contributed by atoms with E-state index in [1.807, 2.05) is 0 Å². The SMILES string of the molecule is CC(C)(C)C(OC(=O)/C=C/C(=O)[O-])C(F)(F)C(F)(F)F. The van der Waals surface area contributed by atoms with Crippen molar-refractivity contribution in [3.8, 4) is 0 Å². The third-order valence-corrected chi connectivity index (χ3v) is 2.08. The summed E-state index contributed by atoms with van der Waals surface area (Å²) in [5.41, 5.74) is -1.73. The van der Waals surface area contributed by atoms with Crippen LogP contribution in [0.3, 0.4) is 0 Å². The molecule has 0 aliphatic rings. The maximum atomic E-state index is 13.3. The molecule has 0 rings (SSSR count). The van der Waals surface area contributed by atoms with Gasteiger partial charge in [0.25, 0.3) is 0 Å². The van der Waals surface area contributed by atoms with E-state index in [2.05, 4.69) is 4.74 Å². The fourth-order valence-corrected chi connectivity index (χ4v) is 1.23. The van der Waals surface area contributed by atoms with Gasteiger partial charge in [0.15, 0.2) is 6.10 Å². The summed E-state index contributed by atoms with van der Waals surface area (Å²) in [6.07, 6.45) is -8.37. The average Bonchev–Trinajstić information content (AvgIpc) is 2.19. The van der Waals surface area contributed by atoms with Gasteiger partial charge in [-0.3, -0.25) is 0 Å². The highest BCUT2D eigenvalue weighted by Crippen LogP contribution is 2.45. The molecule has 0 saturated heterocycles. The van der Waals surface area contributed by atoms with Crippen molar-refractivity contribution < 1.29 is 41.4 Å². The Bertz CT molecular complexity index is 406. The van der Waals surface area contributed by atoms with Gasteiger partial charge in [0, 0.05) is 11.5 Å². The number of hydrogen-bond acceptors (Lipinski definition) is 4. The predicted molar refractivity (Wildman–Crippen MR) is 54.5 cm³/mol. The van der Waals surface area contributed by atoms with Crippen LogP contribution < -0.4 is 5.11 Å². The van der Waals surface area contributed by atoms with E-state index in [0.717, 1.165) is 20.8 Å². The van der Waals surface area contributed by atoms with Crippen LogP contribution >= 0.6 is 0 Å². The standard InChI is InChI=1S/C11H13F5O4/c1-9(2,3)8(10(12,13)11(14,15)16)20-7(19)5-4-6(17)18/h4-5,8H,1-3H3,(H,17,18)/p-1/b5-4+. The van der Waals surface area contributed by atoms with Crippen LogP contribution in [0, 0.1) is 5.41 Å². The van der Waals surface area contributed by atoms with Crippen LogP contribution in [0.2, 0.25) is 0 Å². The van der Waals surface area contributed by atoms with Crippen LogP contribution in [-0.4, -0.2) is 30.1 Å². The number of carbonyl (C=O) groups excluding carboxylic acids is 2. The number of rotatable bonds is 4. The maximum Gasteiger partial charge on any atom is 0.457 e. The summed E-state index contributed by atoms with van der Waals surface area (Å²) in [5.74, 6) is -8.74. The molecule has 0 saturated carbocycles. The maximum absolute atomic E-state index is 13.3. The number of carboxylic acids is 1. The van der Waals surface area contributed by atoms with Crippen molar-refractivity contribution in [3.63, 3.8) is 0 Å². The van der Waals surface area contributed by atoms with Gasteiger partial charge in [-0.1, -0.05) is 20.8 Å². The topological polar surface area (TPSA) is 66.4 Å². The molecule has 0 N–H and O–H groups in total. The van der Waals surface area contributed by atoms with Crippen molar-refractivity contribution in [3.05, 3.63) is 12.2 Å². The van der Waals surface area contributed by atoms with Crippen molar-refractivity contribution in [1.29, 1.82) is 0 Å². The lowest BCUT2D eigenvalue weighted by Crippen LogP contribution is -2.54. The molecule has 0 bridgehead atoms. The second-order valence-electron chi connectivity index (χ2n) is 4.96. The summed E-state index contributed by atoms with van der Waals surface area (Å²) in [5, 5.41) is 10.0. The Kier molecular flexibility index (Phi) is 5.28. The number of carbonyl (C=O) groups is 2. The normalized spacial score (nSPS) is 15.2. The van der Waals surface area contributed by atoms with Gasteiger partial charge in [0.2, 0.25) is 0 Å². The van der Waals surface area contributed by atoms with Crippen molar-refractivity contribution >= 4 is 11.9 Å². The highest BCUT2D eigenvalue weighted by atomic mass is 19.4. The second kappa shape index (κ2) is 5.76. The number of alkyl halides is 5. The summed E-state index contributed by atoms with van der Waals surface area (Å²) < 4.78 is 67.6. The monoisotopic (exact) mass is 303 g/mol. The van der Waals surface area contributed by atoms with Gasteiger partial charge in [-0.2, -0.15) is 22.0 Å². The molecule has 1 atom stereocenters. The quantitative estimate of drug-likeness (QED) is 0.448. The van der Waals surface area contributed by atoms with Crippen molar-refractivity contribution in [1.82, 2.24) is 0 Å². The van der Waals surface area contributed by atoms with Crippen molar-refractivity contribution in [2.75, 3.05) is 0 Å². The molecule has 20 heavy (non-hydrogen) atoms. The third-order valence-electron chi connectivity index (χ3n) is 2.08. The van der Waals surface area contributed by atoms with Gasteiger partial charge in [0.1, 0.15) is 0 Å². The average molecular weight is 303 g/mol. The highest BCUT2D eigenvalue weighted by molar-refractivity contribution is 5.90. The molecule has 0 amide bonds. The molecule has 0 aromatic heterocycles. The van der Waals surface area contributed by atoms with E-state index in [0.29, 0.717) is 0 Å². The third kappa shape index (κ3) is 4.78. The summed E-state index contributed by atoms with van der Waals surface area (Å²) >= 11 is 0. The fraction of sp³-hybridized carbons (Fsp3) is 0.636. The first-order valence-electron chi connectivity index (χ1n) is 5.24. The van der Waals surface area contributed by atoms with E-state index in [-0.39, 0.29) is 12.2 Å². The molecule has 0 aromatic carbocycles. The lowest BCUT2D eigenvalue weighted by Gasteiger charge is -2.36. The summed E-state index contributed by atoms with van der Waals surface area (Å²) in [4.78, 5) is 21.1. The lowest BCUT2D eigenvalue weighted by molar-refractivity contribution is -0.326. The van der Waals surface area contributed by atoms with E-state index >= 15 is 0 Å². The molecule has 4 nitrogen and oxygen atoms in total. The van der Waals surface area contributed by atoms with Gasteiger partial charge in [-0.05, 0) is 6.08 Å². The molecule has 0 aromatic rings. The zero-order chi connectivity index (χ0) is 16.4. The minimum Gasteiger partial charge on any atom is -0.545 e. The van der Waals surface area contributed by atoms with E-state index in [4.69, 9.17) is 0 Å². The first-order chi connectivity index (χ1) is 8.69. The number of hydrogen-bond donors (Lipinski definition) is 0. The van der Waals surface area contributed by atoms with Gasteiger partial charge >= 0.3 is 18.1 Å². The molecule has 0 fully saturated rings. The van der Waals surface area contributed by atoms with Crippen molar-refractivity contribution in [2.45, 2.75) is 39.0 Å². The number of ether oxygens (including phenoxy) is 1. The van der Waals surface area contributed by atoms with Crippen LogP contribution in [-0.2, 0) is 14.3 Å². The Morgan fingerprint density at radius 2 is 1.50 bits per heavy atom. The van der Waals surface area contributed by atoms with Gasteiger partial charge < -0.3 is 14.6 Å². The van der Waals surface area contributed by atoms with Crippen LogP contribution in [0.15, 0.2) is 12.2 Å². The number of esters is 1. The van der Waals surface area contributed by atoms with Crippen LogP contribution in [0.25, 0.3) is 0 Å². The Labute approximate surface area is 111 Å². The second-order valence-corrected chi connectivity index (χ2v) is 4.96. The zero-order valence-corrected chi connectivity index (χ0v) is 10.8. The van der Waals surface area contributed by atoms with E-state index in [1.54, 1.807) is 0 Å². The predicted octanol–water partition coefficient (Wildman–Crippen LogP) is 1.45. The molecule has 0 aliphatic carbocycles. The number of aliphatic carboxylic acids is 1. The number of carboxylic acid groups (broad SMARTS) is 1. The van der Waals surface area contributed by atoms with E-state index < -0.39 is 35.6 Å². The molecular formula is C11H12F5O4-. The summed E-state index contributed by atoms with van der Waals surface area (Å²) in [7, 11) is 0. The molecule has 0 spiro atoms. The highest BCUT2D eigenvalue weighted by Gasteiger charge is 2.66.